The number of benzene rings is 1. The highest BCUT2D eigenvalue weighted by molar-refractivity contribution is 9.10. The predicted octanol–water partition coefficient (Wildman–Crippen LogP) is 2.66. The Morgan fingerprint density at radius 1 is 1.38 bits per heavy atom. The van der Waals surface area contributed by atoms with E-state index in [1.165, 1.54) is 12.8 Å². The van der Waals surface area contributed by atoms with Crippen LogP contribution in [0.3, 0.4) is 0 Å². The monoisotopic (exact) mass is 351 g/mol. The lowest BCUT2D eigenvalue weighted by molar-refractivity contribution is 0.100. The van der Waals surface area contributed by atoms with Gasteiger partial charge in [0, 0.05) is 29.1 Å². The molecule has 2 aliphatic rings. The molecule has 0 spiro atoms. The van der Waals surface area contributed by atoms with Crippen molar-refractivity contribution in [3.8, 4) is 0 Å². The van der Waals surface area contributed by atoms with Crippen LogP contribution in [-0.2, 0) is 0 Å². The molecule has 2 bridgehead atoms. The summed E-state index contributed by atoms with van der Waals surface area (Å²) in [6, 6.07) is 7.47. The summed E-state index contributed by atoms with van der Waals surface area (Å²) in [5.74, 6) is -0.354. The van der Waals surface area contributed by atoms with Crippen LogP contribution in [0.2, 0.25) is 0 Å². The number of nitrogens with zero attached hydrogens (tertiary/aromatic N) is 1. The van der Waals surface area contributed by atoms with Gasteiger partial charge in [0.2, 0.25) is 0 Å². The van der Waals surface area contributed by atoms with E-state index < -0.39 is 0 Å². The Balaban J connectivity index is 1.92. The first-order chi connectivity index (χ1) is 10.1. The number of nitrogens with one attached hydrogen (secondary N) is 1. The van der Waals surface area contributed by atoms with Gasteiger partial charge in [0.25, 0.3) is 5.91 Å². The molecule has 4 nitrogen and oxygen atoms in total. The molecule has 3 rings (SSSR count). The highest BCUT2D eigenvalue weighted by atomic mass is 79.9. The minimum absolute atomic E-state index is 0.354. The zero-order valence-electron chi connectivity index (χ0n) is 12.3. The molecule has 2 unspecified atom stereocenters. The Kier molecular flexibility index (Phi) is 4.22. The van der Waals surface area contributed by atoms with Crippen molar-refractivity contribution < 1.29 is 4.79 Å². The maximum atomic E-state index is 11.7. The van der Waals surface area contributed by atoms with Crippen molar-refractivity contribution in [3.05, 3.63) is 28.2 Å². The number of halogens is 1. The molecule has 114 valence electrons. The molecule has 0 radical (unpaired) electrons. The average molecular weight is 352 g/mol. The highest BCUT2D eigenvalue weighted by Crippen LogP contribution is 2.34. The minimum Gasteiger partial charge on any atom is -0.368 e. The lowest BCUT2D eigenvalue weighted by atomic mass is 9.96. The fraction of sp³-hybridized carbons (Fsp3) is 0.562. The Hall–Kier alpha value is -1.07. The van der Waals surface area contributed by atoms with E-state index in [1.54, 1.807) is 0 Å². The summed E-state index contributed by atoms with van der Waals surface area (Å²) >= 11 is 3.51. The van der Waals surface area contributed by atoms with Gasteiger partial charge < -0.3 is 16.0 Å². The highest BCUT2D eigenvalue weighted by Gasteiger charge is 2.36. The van der Waals surface area contributed by atoms with Gasteiger partial charge in [-0.15, -0.1) is 0 Å². The summed E-state index contributed by atoms with van der Waals surface area (Å²) in [5.41, 5.74) is 7.14. The van der Waals surface area contributed by atoms with Crippen molar-refractivity contribution in [3.63, 3.8) is 0 Å². The zero-order chi connectivity index (χ0) is 15.0. The van der Waals surface area contributed by atoms with E-state index in [-0.39, 0.29) is 5.91 Å². The molecule has 2 heterocycles. The molecular formula is C16H22BrN3O. The summed E-state index contributed by atoms with van der Waals surface area (Å²) in [5, 5.41) is 3.67. The number of piperidine rings is 1. The van der Waals surface area contributed by atoms with Gasteiger partial charge in [0.15, 0.2) is 0 Å². The number of rotatable bonds is 4. The smallest absolute Gasteiger partial charge is 0.250 e. The van der Waals surface area contributed by atoms with Gasteiger partial charge in [-0.1, -0.05) is 15.9 Å². The van der Waals surface area contributed by atoms with E-state index in [4.69, 9.17) is 5.73 Å². The van der Waals surface area contributed by atoms with Crippen LogP contribution in [-0.4, -0.2) is 30.6 Å². The molecule has 2 atom stereocenters. The molecule has 1 aromatic carbocycles. The molecule has 0 aromatic heterocycles. The summed E-state index contributed by atoms with van der Waals surface area (Å²) in [4.78, 5) is 14.1. The van der Waals surface area contributed by atoms with Crippen LogP contribution in [0.25, 0.3) is 0 Å². The molecule has 1 aromatic rings. The van der Waals surface area contributed by atoms with Crippen LogP contribution in [0, 0.1) is 0 Å². The van der Waals surface area contributed by atoms with Crippen molar-refractivity contribution in [2.24, 2.45) is 5.73 Å². The lowest BCUT2D eigenvalue weighted by Gasteiger charge is -2.39. The van der Waals surface area contributed by atoms with E-state index in [0.717, 1.165) is 29.5 Å². The average Bonchev–Trinajstić information content (AvgIpc) is 2.78. The van der Waals surface area contributed by atoms with Crippen LogP contribution < -0.4 is 16.0 Å². The van der Waals surface area contributed by atoms with Crippen molar-refractivity contribution in [2.75, 3.05) is 11.4 Å². The Morgan fingerprint density at radius 2 is 2.05 bits per heavy atom. The van der Waals surface area contributed by atoms with E-state index in [0.29, 0.717) is 23.7 Å². The second-order valence-electron chi connectivity index (χ2n) is 6.07. The van der Waals surface area contributed by atoms with Gasteiger partial charge in [0.05, 0.1) is 11.3 Å². The summed E-state index contributed by atoms with van der Waals surface area (Å²) < 4.78 is 0.984. The fourth-order valence-corrected chi connectivity index (χ4v) is 4.21. The zero-order valence-corrected chi connectivity index (χ0v) is 13.9. The lowest BCUT2D eigenvalue weighted by Crippen LogP contribution is -2.48. The first-order valence-electron chi connectivity index (χ1n) is 7.70. The summed E-state index contributed by atoms with van der Waals surface area (Å²) in [6.07, 6.45) is 4.85. The maximum absolute atomic E-state index is 11.7. The predicted molar refractivity (Wildman–Crippen MR) is 88.6 cm³/mol. The molecule has 2 aliphatic heterocycles. The first-order valence-corrected chi connectivity index (χ1v) is 8.49. The Labute approximate surface area is 134 Å². The number of amides is 1. The second kappa shape index (κ2) is 5.97. The summed E-state index contributed by atoms with van der Waals surface area (Å²) in [7, 11) is 0. The van der Waals surface area contributed by atoms with Crippen LogP contribution in [0.5, 0.6) is 0 Å². The Morgan fingerprint density at radius 3 is 2.62 bits per heavy atom. The normalized spacial score (nSPS) is 27.6. The van der Waals surface area contributed by atoms with Gasteiger partial charge in [-0.05, 0) is 50.8 Å². The van der Waals surface area contributed by atoms with E-state index in [9.17, 15) is 4.79 Å². The van der Waals surface area contributed by atoms with Crippen molar-refractivity contribution >= 4 is 27.5 Å². The third-order valence-corrected chi connectivity index (χ3v) is 5.26. The third kappa shape index (κ3) is 2.94. The van der Waals surface area contributed by atoms with Crippen LogP contribution in [0.4, 0.5) is 5.69 Å². The molecule has 21 heavy (non-hydrogen) atoms. The Bertz CT molecular complexity index is 536. The van der Waals surface area contributed by atoms with Crippen molar-refractivity contribution in [1.29, 1.82) is 0 Å². The summed E-state index contributed by atoms with van der Waals surface area (Å²) in [6.45, 7) is 3.04. The van der Waals surface area contributed by atoms with E-state index >= 15 is 0 Å². The van der Waals surface area contributed by atoms with Crippen LogP contribution in [0.15, 0.2) is 22.7 Å². The van der Waals surface area contributed by atoms with Gasteiger partial charge in [-0.2, -0.15) is 0 Å². The second-order valence-corrected chi connectivity index (χ2v) is 6.99. The number of nitrogens with two attached hydrogens (primary N) is 1. The molecule has 0 aliphatic carbocycles. The van der Waals surface area contributed by atoms with Crippen LogP contribution in [0.1, 0.15) is 43.0 Å². The molecular weight excluding hydrogens is 330 g/mol. The van der Waals surface area contributed by atoms with Gasteiger partial charge >= 0.3 is 0 Å². The van der Waals surface area contributed by atoms with Crippen molar-refractivity contribution in [1.82, 2.24) is 5.32 Å². The number of anilines is 1. The number of fused-ring (bicyclic) bond motifs is 2. The van der Waals surface area contributed by atoms with Gasteiger partial charge in [-0.25, -0.2) is 0 Å². The quantitative estimate of drug-likeness (QED) is 0.876. The van der Waals surface area contributed by atoms with E-state index in [1.807, 2.05) is 18.2 Å². The van der Waals surface area contributed by atoms with E-state index in [2.05, 4.69) is 33.1 Å². The number of primary amides is 1. The van der Waals surface area contributed by atoms with Crippen molar-refractivity contribution in [2.45, 2.75) is 50.7 Å². The number of hydrogen-bond acceptors (Lipinski definition) is 3. The van der Waals surface area contributed by atoms with Crippen LogP contribution >= 0.6 is 15.9 Å². The number of carbonyl (C=O) groups excluding carboxylic acids is 1. The molecule has 2 fully saturated rings. The van der Waals surface area contributed by atoms with Gasteiger partial charge in [-0.3, -0.25) is 4.79 Å². The largest absolute Gasteiger partial charge is 0.368 e. The minimum atomic E-state index is -0.354. The van der Waals surface area contributed by atoms with Gasteiger partial charge in [0.1, 0.15) is 0 Å². The SMILES string of the molecule is CCN(c1cc(Br)ccc1C(N)=O)C1CC2CCC(C1)N2. The molecule has 5 heteroatoms. The molecule has 0 saturated carbocycles. The first kappa shape index (κ1) is 14.9. The third-order valence-electron chi connectivity index (χ3n) is 4.76. The standard InChI is InChI=1S/C16H22BrN3O/c1-2-20(13-8-11-4-5-12(9-13)19-11)15-7-10(17)3-6-14(15)16(18)21/h3,6-7,11-13,19H,2,4-5,8-9H2,1H3,(H2,18,21). The maximum Gasteiger partial charge on any atom is 0.250 e. The molecule has 2 saturated heterocycles. The number of hydrogen-bond donors (Lipinski definition) is 2. The molecule has 3 N–H and O–H groups in total. The number of carbonyl (C=O) groups is 1. The fourth-order valence-electron chi connectivity index (χ4n) is 3.86. The molecule has 1 amide bonds. The topological polar surface area (TPSA) is 58.4 Å².